The fourth-order valence-electron chi connectivity index (χ4n) is 3.90. The second-order valence-corrected chi connectivity index (χ2v) is 9.82. The van der Waals surface area contributed by atoms with Crippen LogP contribution in [0.25, 0.3) is 11.4 Å². The van der Waals surface area contributed by atoms with Crippen molar-refractivity contribution < 1.29 is 26.9 Å². The van der Waals surface area contributed by atoms with Gasteiger partial charge in [-0.3, -0.25) is 4.79 Å². The standard InChI is InChI=1S/C23H25FN4O5S/c1-15(27-34(30,31)20-10-8-19(32-2)9-11-20)23(29)28-12-4-6-17(14-28)22-25-21(26-33-22)16-5-3-7-18(24)13-16/h3,5,7-11,13,15,17,27H,4,6,12,14H2,1-2H3/t15-,17?/m0/s1. The molecule has 1 N–H and O–H groups in total. The summed E-state index contributed by atoms with van der Waals surface area (Å²) in [5.74, 6) is 0.236. The summed E-state index contributed by atoms with van der Waals surface area (Å²) in [7, 11) is -2.40. The van der Waals surface area contributed by atoms with Gasteiger partial charge in [-0.05, 0) is 56.2 Å². The number of nitrogens with zero attached hydrogens (tertiary/aromatic N) is 3. The van der Waals surface area contributed by atoms with E-state index in [4.69, 9.17) is 9.26 Å². The van der Waals surface area contributed by atoms with Crippen LogP contribution >= 0.6 is 0 Å². The van der Waals surface area contributed by atoms with E-state index < -0.39 is 21.9 Å². The molecular formula is C23H25FN4O5S. The van der Waals surface area contributed by atoms with E-state index in [9.17, 15) is 17.6 Å². The Morgan fingerprint density at radius 3 is 2.74 bits per heavy atom. The molecule has 9 nitrogen and oxygen atoms in total. The van der Waals surface area contributed by atoms with Gasteiger partial charge in [0.15, 0.2) is 0 Å². The maximum Gasteiger partial charge on any atom is 0.241 e. The molecule has 1 unspecified atom stereocenters. The number of hydrogen-bond donors (Lipinski definition) is 1. The van der Waals surface area contributed by atoms with E-state index >= 15 is 0 Å². The molecule has 34 heavy (non-hydrogen) atoms. The number of ether oxygens (including phenoxy) is 1. The van der Waals surface area contributed by atoms with Crippen LogP contribution < -0.4 is 9.46 Å². The van der Waals surface area contributed by atoms with E-state index in [0.29, 0.717) is 36.7 Å². The van der Waals surface area contributed by atoms with Gasteiger partial charge in [-0.25, -0.2) is 12.8 Å². The quantitative estimate of drug-likeness (QED) is 0.544. The summed E-state index contributed by atoms with van der Waals surface area (Å²) in [4.78, 5) is 19.1. The molecule has 0 bridgehead atoms. The van der Waals surface area contributed by atoms with Gasteiger partial charge in [0, 0.05) is 18.7 Å². The summed E-state index contributed by atoms with van der Waals surface area (Å²) < 4.78 is 51.8. The van der Waals surface area contributed by atoms with Crippen molar-refractivity contribution in [3.05, 3.63) is 60.2 Å². The molecule has 0 radical (unpaired) electrons. The first kappa shape index (κ1) is 23.8. The first-order chi connectivity index (χ1) is 16.3. The Morgan fingerprint density at radius 1 is 1.26 bits per heavy atom. The van der Waals surface area contributed by atoms with Crippen LogP contribution in [0.1, 0.15) is 31.6 Å². The molecule has 2 aromatic carbocycles. The minimum Gasteiger partial charge on any atom is -0.497 e. The van der Waals surface area contributed by atoms with Gasteiger partial charge in [-0.1, -0.05) is 17.3 Å². The van der Waals surface area contributed by atoms with Crippen LogP contribution in [-0.4, -0.2) is 55.6 Å². The van der Waals surface area contributed by atoms with Gasteiger partial charge < -0.3 is 14.2 Å². The molecule has 0 spiro atoms. The van der Waals surface area contributed by atoms with E-state index in [0.717, 1.165) is 6.42 Å². The van der Waals surface area contributed by atoms with E-state index in [1.807, 2.05) is 0 Å². The average molecular weight is 489 g/mol. The molecule has 0 saturated carbocycles. The Labute approximate surface area is 197 Å². The van der Waals surface area contributed by atoms with Crippen LogP contribution in [-0.2, 0) is 14.8 Å². The topological polar surface area (TPSA) is 115 Å². The van der Waals surface area contributed by atoms with Gasteiger partial charge in [0.2, 0.25) is 27.6 Å². The lowest BCUT2D eigenvalue weighted by molar-refractivity contribution is -0.133. The highest BCUT2D eigenvalue weighted by Gasteiger charge is 2.32. The molecule has 1 saturated heterocycles. The molecule has 2 heterocycles. The Balaban J connectivity index is 1.42. The smallest absolute Gasteiger partial charge is 0.241 e. The predicted octanol–water partition coefficient (Wildman–Crippen LogP) is 2.96. The zero-order valence-electron chi connectivity index (χ0n) is 18.8. The number of halogens is 1. The largest absolute Gasteiger partial charge is 0.497 e. The monoisotopic (exact) mass is 488 g/mol. The number of aromatic nitrogens is 2. The molecule has 1 amide bonds. The summed E-state index contributed by atoms with van der Waals surface area (Å²) in [5, 5.41) is 3.95. The average Bonchev–Trinajstić information content (AvgIpc) is 3.34. The van der Waals surface area contributed by atoms with Gasteiger partial charge in [0.05, 0.1) is 24.0 Å². The van der Waals surface area contributed by atoms with Gasteiger partial charge in [-0.2, -0.15) is 9.71 Å². The summed E-state index contributed by atoms with van der Waals surface area (Å²) in [6.45, 7) is 2.33. The molecule has 180 valence electrons. The SMILES string of the molecule is COc1ccc(S(=O)(=O)N[C@@H](C)C(=O)N2CCCC(c3nc(-c4cccc(F)c4)no3)C2)cc1. The second-order valence-electron chi connectivity index (χ2n) is 8.11. The summed E-state index contributed by atoms with van der Waals surface area (Å²) in [5.41, 5.74) is 0.500. The number of hydrogen-bond acceptors (Lipinski definition) is 7. The number of sulfonamides is 1. The number of amides is 1. The zero-order valence-corrected chi connectivity index (χ0v) is 19.6. The minimum absolute atomic E-state index is 0.0419. The van der Waals surface area contributed by atoms with Crippen molar-refractivity contribution in [3.63, 3.8) is 0 Å². The molecule has 1 aliphatic heterocycles. The van der Waals surface area contributed by atoms with E-state index in [1.165, 1.54) is 38.3 Å². The van der Waals surface area contributed by atoms with Crippen molar-refractivity contribution in [2.75, 3.05) is 20.2 Å². The van der Waals surface area contributed by atoms with Gasteiger partial charge in [0.1, 0.15) is 11.6 Å². The number of methoxy groups -OCH3 is 1. The fourth-order valence-corrected chi connectivity index (χ4v) is 5.10. The van der Waals surface area contributed by atoms with Crippen molar-refractivity contribution in [2.45, 2.75) is 36.6 Å². The third kappa shape index (κ3) is 5.26. The van der Waals surface area contributed by atoms with Crippen molar-refractivity contribution >= 4 is 15.9 Å². The predicted molar refractivity (Wildman–Crippen MR) is 121 cm³/mol. The molecular weight excluding hydrogens is 463 g/mol. The van der Waals surface area contributed by atoms with Crippen LogP contribution in [0.4, 0.5) is 4.39 Å². The Morgan fingerprint density at radius 2 is 2.03 bits per heavy atom. The number of nitrogens with one attached hydrogen (secondary N) is 1. The first-order valence-corrected chi connectivity index (χ1v) is 12.3. The second kappa shape index (κ2) is 9.90. The third-order valence-corrected chi connectivity index (χ3v) is 7.24. The number of piperidine rings is 1. The minimum atomic E-state index is -3.89. The molecule has 3 aromatic rings. The zero-order chi connectivity index (χ0) is 24.3. The molecule has 0 aliphatic carbocycles. The van der Waals surface area contributed by atoms with Crippen molar-refractivity contribution in [1.29, 1.82) is 0 Å². The van der Waals surface area contributed by atoms with Crippen molar-refractivity contribution in [1.82, 2.24) is 19.8 Å². The maximum absolute atomic E-state index is 13.5. The van der Waals surface area contributed by atoms with E-state index in [2.05, 4.69) is 14.9 Å². The first-order valence-electron chi connectivity index (χ1n) is 10.8. The number of rotatable bonds is 7. The van der Waals surface area contributed by atoms with Crippen LogP contribution in [0.15, 0.2) is 57.9 Å². The van der Waals surface area contributed by atoms with Crippen LogP contribution in [0, 0.1) is 5.82 Å². The summed E-state index contributed by atoms with van der Waals surface area (Å²) in [6, 6.07) is 10.9. The van der Waals surface area contributed by atoms with Gasteiger partial charge in [0.25, 0.3) is 0 Å². The van der Waals surface area contributed by atoms with Crippen molar-refractivity contribution in [2.24, 2.45) is 0 Å². The highest BCUT2D eigenvalue weighted by atomic mass is 32.2. The molecule has 1 aliphatic rings. The van der Waals surface area contributed by atoms with Crippen molar-refractivity contribution in [3.8, 4) is 17.1 Å². The number of carbonyl (C=O) groups excluding carboxylic acids is 1. The van der Waals surface area contributed by atoms with E-state index in [1.54, 1.807) is 29.2 Å². The molecule has 1 fully saturated rings. The molecule has 11 heteroatoms. The number of benzene rings is 2. The van der Waals surface area contributed by atoms with Gasteiger partial charge in [-0.15, -0.1) is 0 Å². The number of carbonyl (C=O) groups is 1. The normalized spacial score (nSPS) is 17.4. The lowest BCUT2D eigenvalue weighted by Crippen LogP contribution is -2.49. The maximum atomic E-state index is 13.5. The lowest BCUT2D eigenvalue weighted by atomic mass is 9.97. The molecule has 2 atom stereocenters. The molecule has 1 aromatic heterocycles. The summed E-state index contributed by atoms with van der Waals surface area (Å²) in [6.07, 6.45) is 1.44. The number of likely N-dealkylation sites (tertiary alicyclic amines) is 1. The fraction of sp³-hybridized carbons (Fsp3) is 0.348. The van der Waals surface area contributed by atoms with Crippen LogP contribution in [0.2, 0.25) is 0 Å². The Kier molecular flexibility index (Phi) is 6.94. The van der Waals surface area contributed by atoms with Crippen LogP contribution in [0.5, 0.6) is 5.75 Å². The Bertz CT molecular complexity index is 1260. The summed E-state index contributed by atoms with van der Waals surface area (Å²) >= 11 is 0. The Hall–Kier alpha value is -3.31. The van der Waals surface area contributed by atoms with Gasteiger partial charge >= 0.3 is 0 Å². The van der Waals surface area contributed by atoms with Crippen LogP contribution in [0.3, 0.4) is 0 Å². The van der Waals surface area contributed by atoms with E-state index in [-0.39, 0.29) is 22.5 Å². The highest BCUT2D eigenvalue weighted by Crippen LogP contribution is 2.28. The molecule has 4 rings (SSSR count). The highest BCUT2D eigenvalue weighted by molar-refractivity contribution is 7.89. The lowest BCUT2D eigenvalue weighted by Gasteiger charge is -2.32. The third-order valence-electron chi connectivity index (χ3n) is 5.68.